The maximum atomic E-state index is 12.1. The quantitative estimate of drug-likeness (QED) is 0.799. The molecule has 5 heteroatoms. The highest BCUT2D eigenvalue weighted by atomic mass is 16.5. The van der Waals surface area contributed by atoms with Crippen LogP contribution in [0.25, 0.3) is 0 Å². The van der Waals surface area contributed by atoms with Crippen molar-refractivity contribution in [1.82, 2.24) is 10.2 Å². The van der Waals surface area contributed by atoms with Crippen molar-refractivity contribution in [3.8, 4) is 0 Å². The standard InChI is InChI=1S/C17H26N2O3/c1-2-16(20)6-7-18-17(21)15-5-3-4-14(12-15)13-19-8-10-22-11-9-19/h3-5,12,16,20H,2,6-11,13H2,1H3,(H,18,21). The van der Waals surface area contributed by atoms with Crippen LogP contribution in [0, 0.1) is 0 Å². The summed E-state index contributed by atoms with van der Waals surface area (Å²) in [5.41, 5.74) is 1.82. The largest absolute Gasteiger partial charge is 0.393 e. The third-order valence-corrected chi connectivity index (χ3v) is 3.93. The minimum absolute atomic E-state index is 0.0767. The molecule has 1 unspecified atom stereocenters. The predicted octanol–water partition coefficient (Wildman–Crippen LogP) is 1.41. The van der Waals surface area contributed by atoms with Crippen LogP contribution in [0.15, 0.2) is 24.3 Å². The van der Waals surface area contributed by atoms with Gasteiger partial charge in [0.15, 0.2) is 0 Å². The Kier molecular flexibility index (Phi) is 6.83. The van der Waals surface area contributed by atoms with Crippen LogP contribution in [0.2, 0.25) is 0 Å². The summed E-state index contributed by atoms with van der Waals surface area (Å²) in [5.74, 6) is -0.0767. The third-order valence-electron chi connectivity index (χ3n) is 3.93. The van der Waals surface area contributed by atoms with Gasteiger partial charge < -0.3 is 15.2 Å². The van der Waals surface area contributed by atoms with Crippen LogP contribution >= 0.6 is 0 Å². The van der Waals surface area contributed by atoms with E-state index < -0.39 is 0 Å². The van der Waals surface area contributed by atoms with Crippen molar-refractivity contribution >= 4 is 5.91 Å². The first-order valence-corrected chi connectivity index (χ1v) is 8.04. The van der Waals surface area contributed by atoms with Gasteiger partial charge in [-0.25, -0.2) is 0 Å². The minimum Gasteiger partial charge on any atom is -0.393 e. The van der Waals surface area contributed by atoms with Crippen LogP contribution in [0.1, 0.15) is 35.7 Å². The molecule has 5 nitrogen and oxygen atoms in total. The van der Waals surface area contributed by atoms with Gasteiger partial charge in [0.25, 0.3) is 5.91 Å². The average Bonchev–Trinajstić information content (AvgIpc) is 2.55. The van der Waals surface area contributed by atoms with Crippen LogP contribution in [-0.4, -0.2) is 54.9 Å². The Balaban J connectivity index is 1.85. The Labute approximate surface area is 132 Å². The van der Waals surface area contributed by atoms with Crippen LogP contribution < -0.4 is 5.32 Å². The van der Waals surface area contributed by atoms with E-state index in [-0.39, 0.29) is 12.0 Å². The molecule has 2 N–H and O–H groups in total. The Hall–Kier alpha value is -1.43. The van der Waals surface area contributed by atoms with Gasteiger partial charge in [-0.15, -0.1) is 0 Å². The van der Waals surface area contributed by atoms with Crippen molar-refractivity contribution in [1.29, 1.82) is 0 Å². The number of nitrogens with one attached hydrogen (secondary N) is 1. The zero-order valence-corrected chi connectivity index (χ0v) is 13.3. The number of amides is 1. The first kappa shape index (κ1) is 16.9. The Bertz CT molecular complexity index is 473. The number of nitrogens with zero attached hydrogens (tertiary/aromatic N) is 1. The second-order valence-electron chi connectivity index (χ2n) is 5.70. The van der Waals surface area contributed by atoms with Crippen molar-refractivity contribution in [2.45, 2.75) is 32.4 Å². The molecule has 0 saturated carbocycles. The molecule has 1 aliphatic heterocycles. The number of hydrogen-bond donors (Lipinski definition) is 2. The first-order valence-electron chi connectivity index (χ1n) is 8.04. The van der Waals surface area contributed by atoms with E-state index in [4.69, 9.17) is 4.74 Å². The Morgan fingerprint density at radius 1 is 1.41 bits per heavy atom. The topological polar surface area (TPSA) is 61.8 Å². The fraction of sp³-hybridized carbons (Fsp3) is 0.588. The number of hydrogen-bond acceptors (Lipinski definition) is 4. The lowest BCUT2D eigenvalue weighted by atomic mass is 10.1. The molecule has 122 valence electrons. The molecule has 1 fully saturated rings. The van der Waals surface area contributed by atoms with E-state index in [0.29, 0.717) is 24.9 Å². The van der Waals surface area contributed by atoms with Gasteiger partial charge >= 0.3 is 0 Å². The minimum atomic E-state index is -0.340. The van der Waals surface area contributed by atoms with Crippen LogP contribution in [0.3, 0.4) is 0 Å². The highest BCUT2D eigenvalue weighted by Crippen LogP contribution is 2.10. The number of ether oxygens (including phenoxy) is 1. The number of carbonyl (C=O) groups is 1. The summed E-state index contributed by atoms with van der Waals surface area (Å²) in [6.07, 6.45) is 0.966. The van der Waals surface area contributed by atoms with E-state index >= 15 is 0 Å². The fourth-order valence-corrected chi connectivity index (χ4v) is 2.49. The molecule has 0 aromatic heterocycles. The second kappa shape index (κ2) is 8.88. The molecule has 0 spiro atoms. The van der Waals surface area contributed by atoms with Gasteiger partial charge in [-0.05, 0) is 30.5 Å². The molecule has 0 aliphatic carbocycles. The summed E-state index contributed by atoms with van der Waals surface area (Å²) < 4.78 is 5.35. The van der Waals surface area contributed by atoms with E-state index in [1.807, 2.05) is 31.2 Å². The summed E-state index contributed by atoms with van der Waals surface area (Å²) in [6.45, 7) is 6.71. The lowest BCUT2D eigenvalue weighted by Crippen LogP contribution is -2.35. The summed E-state index contributed by atoms with van der Waals surface area (Å²) in [6, 6.07) is 7.74. The summed E-state index contributed by atoms with van der Waals surface area (Å²) in [4.78, 5) is 14.5. The fourth-order valence-electron chi connectivity index (χ4n) is 2.49. The molecule has 0 bridgehead atoms. The first-order chi connectivity index (χ1) is 10.7. The molecule has 2 rings (SSSR count). The highest BCUT2D eigenvalue weighted by Gasteiger charge is 2.12. The van der Waals surface area contributed by atoms with Gasteiger partial charge in [0.1, 0.15) is 0 Å². The molecule has 1 aliphatic rings. The number of benzene rings is 1. The van der Waals surface area contributed by atoms with Crippen molar-refractivity contribution in [2.24, 2.45) is 0 Å². The Morgan fingerprint density at radius 2 is 2.18 bits per heavy atom. The lowest BCUT2D eigenvalue weighted by molar-refractivity contribution is 0.0342. The lowest BCUT2D eigenvalue weighted by Gasteiger charge is -2.26. The monoisotopic (exact) mass is 306 g/mol. The number of carbonyl (C=O) groups excluding carboxylic acids is 1. The summed E-state index contributed by atoms with van der Waals surface area (Å²) in [7, 11) is 0. The zero-order chi connectivity index (χ0) is 15.8. The zero-order valence-electron chi connectivity index (χ0n) is 13.3. The average molecular weight is 306 g/mol. The van der Waals surface area contributed by atoms with Gasteiger partial charge in [-0.1, -0.05) is 19.1 Å². The number of morpholine rings is 1. The van der Waals surface area contributed by atoms with Gasteiger partial charge in [-0.3, -0.25) is 9.69 Å². The second-order valence-corrected chi connectivity index (χ2v) is 5.70. The van der Waals surface area contributed by atoms with E-state index in [2.05, 4.69) is 10.2 Å². The normalized spacial score (nSPS) is 17.2. The van der Waals surface area contributed by atoms with Crippen LogP contribution in [-0.2, 0) is 11.3 Å². The SMILES string of the molecule is CCC(O)CCNC(=O)c1cccc(CN2CCOCC2)c1. The van der Waals surface area contributed by atoms with Gasteiger partial charge in [0.05, 0.1) is 19.3 Å². The van der Waals surface area contributed by atoms with Crippen molar-refractivity contribution in [2.75, 3.05) is 32.8 Å². The molecule has 0 radical (unpaired) electrons. The van der Waals surface area contributed by atoms with E-state index in [0.717, 1.165) is 38.4 Å². The highest BCUT2D eigenvalue weighted by molar-refractivity contribution is 5.94. The molecular formula is C17H26N2O3. The van der Waals surface area contributed by atoms with Crippen LogP contribution in [0.4, 0.5) is 0 Å². The smallest absolute Gasteiger partial charge is 0.251 e. The maximum absolute atomic E-state index is 12.1. The van der Waals surface area contributed by atoms with Gasteiger partial charge in [-0.2, -0.15) is 0 Å². The van der Waals surface area contributed by atoms with E-state index in [1.54, 1.807) is 0 Å². The number of aliphatic hydroxyl groups is 1. The molecule has 22 heavy (non-hydrogen) atoms. The molecule has 1 atom stereocenters. The van der Waals surface area contributed by atoms with Crippen molar-refractivity contribution in [3.05, 3.63) is 35.4 Å². The summed E-state index contributed by atoms with van der Waals surface area (Å²) >= 11 is 0. The predicted molar refractivity (Wildman–Crippen MR) is 85.8 cm³/mol. The molecule has 1 saturated heterocycles. The van der Waals surface area contributed by atoms with Gasteiger partial charge in [0, 0.05) is 31.7 Å². The molecule has 1 aromatic rings. The molecule has 1 amide bonds. The molecule has 1 heterocycles. The van der Waals surface area contributed by atoms with E-state index in [1.165, 1.54) is 0 Å². The third kappa shape index (κ3) is 5.40. The maximum Gasteiger partial charge on any atom is 0.251 e. The number of rotatable bonds is 7. The summed E-state index contributed by atoms with van der Waals surface area (Å²) in [5, 5.41) is 12.4. The van der Waals surface area contributed by atoms with Gasteiger partial charge in [0.2, 0.25) is 0 Å². The van der Waals surface area contributed by atoms with Crippen molar-refractivity contribution in [3.63, 3.8) is 0 Å². The van der Waals surface area contributed by atoms with E-state index in [9.17, 15) is 9.90 Å². The molecular weight excluding hydrogens is 280 g/mol. The number of aliphatic hydroxyl groups excluding tert-OH is 1. The van der Waals surface area contributed by atoms with Crippen molar-refractivity contribution < 1.29 is 14.6 Å². The van der Waals surface area contributed by atoms with Crippen LogP contribution in [0.5, 0.6) is 0 Å². The Morgan fingerprint density at radius 3 is 2.91 bits per heavy atom. The molecule has 1 aromatic carbocycles.